The van der Waals surface area contributed by atoms with Gasteiger partial charge in [0.1, 0.15) is 5.25 Å². The first-order valence-corrected chi connectivity index (χ1v) is 9.18. The minimum Gasteiger partial charge on any atom is -0.223 e. The van der Waals surface area contributed by atoms with Crippen molar-refractivity contribution in [2.75, 3.05) is 0 Å². The molecule has 3 rings (SSSR count). The largest absolute Gasteiger partial charge is 0.223 e. The predicted octanol–water partition coefficient (Wildman–Crippen LogP) is 3.62. The number of sulfone groups is 1. The minimum atomic E-state index is -3.81. The molecular formula is C18H13ClN2O2S. The maximum Gasteiger partial charge on any atom is 0.184 e. The quantitative estimate of drug-likeness (QED) is 0.840. The second kappa shape index (κ2) is 5.63. The van der Waals surface area contributed by atoms with Crippen LogP contribution in [0.15, 0.2) is 53.4 Å². The third-order valence-electron chi connectivity index (χ3n) is 4.39. The highest BCUT2D eigenvalue weighted by molar-refractivity contribution is 7.92. The van der Waals surface area contributed by atoms with Gasteiger partial charge in [0.2, 0.25) is 0 Å². The zero-order valence-corrected chi connectivity index (χ0v) is 14.3. The Kier molecular flexibility index (Phi) is 3.87. The molecular weight excluding hydrogens is 344 g/mol. The zero-order valence-electron chi connectivity index (χ0n) is 12.8. The number of rotatable bonds is 3. The zero-order chi connectivity index (χ0) is 17.5. The normalized spacial score (nSPS) is 21.5. The molecule has 24 heavy (non-hydrogen) atoms. The highest BCUT2D eigenvalue weighted by Crippen LogP contribution is 2.63. The van der Waals surface area contributed by atoms with E-state index in [2.05, 4.69) is 0 Å². The fourth-order valence-electron chi connectivity index (χ4n) is 3.08. The van der Waals surface area contributed by atoms with Crippen molar-refractivity contribution in [3.05, 3.63) is 64.7 Å². The molecule has 2 atom stereocenters. The van der Waals surface area contributed by atoms with Crippen molar-refractivity contribution in [2.45, 2.75) is 23.0 Å². The molecule has 0 heterocycles. The van der Waals surface area contributed by atoms with Gasteiger partial charge in [-0.25, -0.2) is 8.42 Å². The van der Waals surface area contributed by atoms with Gasteiger partial charge in [-0.3, -0.25) is 0 Å². The average Bonchev–Trinajstić information content (AvgIpc) is 3.26. The van der Waals surface area contributed by atoms with E-state index in [9.17, 15) is 18.9 Å². The lowest BCUT2D eigenvalue weighted by atomic mass is 10.0. The van der Waals surface area contributed by atoms with Gasteiger partial charge < -0.3 is 0 Å². The summed E-state index contributed by atoms with van der Waals surface area (Å²) in [5.74, 6) is -0.711. The van der Waals surface area contributed by atoms with E-state index >= 15 is 0 Å². The molecule has 2 aromatic carbocycles. The van der Waals surface area contributed by atoms with Crippen LogP contribution in [-0.4, -0.2) is 13.7 Å². The summed E-state index contributed by atoms with van der Waals surface area (Å²) in [4.78, 5) is 0.123. The molecule has 6 heteroatoms. The molecule has 0 bridgehead atoms. The van der Waals surface area contributed by atoms with E-state index in [1.807, 2.05) is 19.1 Å². The van der Waals surface area contributed by atoms with Gasteiger partial charge in [-0.05, 0) is 36.8 Å². The van der Waals surface area contributed by atoms with Crippen molar-refractivity contribution < 1.29 is 8.42 Å². The fraction of sp³-hybridized carbons (Fsp3) is 0.222. The average molecular weight is 357 g/mol. The van der Waals surface area contributed by atoms with E-state index in [1.165, 1.54) is 12.1 Å². The van der Waals surface area contributed by atoms with Gasteiger partial charge in [-0.15, -0.1) is 0 Å². The first-order chi connectivity index (χ1) is 11.4. The van der Waals surface area contributed by atoms with Crippen LogP contribution in [0, 0.1) is 35.0 Å². The summed E-state index contributed by atoms with van der Waals surface area (Å²) in [6.07, 6.45) is 0. The lowest BCUT2D eigenvalue weighted by Gasteiger charge is -2.04. The van der Waals surface area contributed by atoms with E-state index in [0.29, 0.717) is 10.6 Å². The van der Waals surface area contributed by atoms with E-state index in [-0.39, 0.29) is 4.90 Å². The number of hydrogen-bond acceptors (Lipinski definition) is 4. The first-order valence-electron chi connectivity index (χ1n) is 7.25. The topological polar surface area (TPSA) is 81.7 Å². The lowest BCUT2D eigenvalue weighted by Crippen LogP contribution is -2.14. The van der Waals surface area contributed by atoms with Crippen molar-refractivity contribution >= 4 is 21.4 Å². The number of nitriles is 2. The van der Waals surface area contributed by atoms with Gasteiger partial charge >= 0.3 is 0 Å². The standard InChI is InChI=1S/C18H13ClN2O2S/c1-12-5-7-15(8-6-12)24(22,23)17-16(18(17,10-20)11-21)13-3-2-4-14(19)9-13/h2-9,16-17H,1H3/t16-,17-/m0/s1. The molecule has 0 spiro atoms. The third kappa shape index (κ3) is 2.38. The second-order valence-corrected chi connectivity index (χ2v) is 8.41. The van der Waals surface area contributed by atoms with Crippen molar-refractivity contribution in [2.24, 2.45) is 5.41 Å². The summed E-state index contributed by atoms with van der Waals surface area (Å²) in [7, 11) is -3.81. The Morgan fingerprint density at radius 3 is 2.25 bits per heavy atom. The monoisotopic (exact) mass is 356 g/mol. The lowest BCUT2D eigenvalue weighted by molar-refractivity contribution is 0.591. The summed E-state index contributed by atoms with van der Waals surface area (Å²) in [6.45, 7) is 1.86. The molecule has 1 aliphatic rings. The van der Waals surface area contributed by atoms with Crippen LogP contribution in [0.2, 0.25) is 5.02 Å². The van der Waals surface area contributed by atoms with E-state index in [0.717, 1.165) is 5.56 Å². The minimum absolute atomic E-state index is 0.123. The second-order valence-electron chi connectivity index (χ2n) is 5.90. The Morgan fingerprint density at radius 1 is 1.08 bits per heavy atom. The Bertz CT molecular complexity index is 971. The maximum absolute atomic E-state index is 13.0. The molecule has 4 nitrogen and oxygen atoms in total. The number of aryl methyl sites for hydroxylation is 1. The Balaban J connectivity index is 2.11. The van der Waals surface area contributed by atoms with Crippen LogP contribution >= 0.6 is 11.6 Å². The molecule has 2 aromatic rings. The number of nitrogens with zero attached hydrogens (tertiary/aromatic N) is 2. The highest BCUT2D eigenvalue weighted by atomic mass is 35.5. The van der Waals surface area contributed by atoms with Crippen LogP contribution < -0.4 is 0 Å². The molecule has 0 unspecified atom stereocenters. The SMILES string of the molecule is Cc1ccc(S(=O)(=O)[C@H]2[C@H](c3cccc(Cl)c3)C2(C#N)C#N)cc1. The van der Waals surface area contributed by atoms with Gasteiger partial charge in [0, 0.05) is 10.9 Å². The third-order valence-corrected chi connectivity index (χ3v) is 6.87. The van der Waals surface area contributed by atoms with Gasteiger partial charge in [-0.2, -0.15) is 10.5 Å². The molecule has 0 aliphatic heterocycles. The van der Waals surface area contributed by atoms with E-state index in [4.69, 9.17) is 11.6 Å². The summed E-state index contributed by atoms with van der Waals surface area (Å²) < 4.78 is 25.9. The van der Waals surface area contributed by atoms with E-state index < -0.39 is 26.4 Å². The van der Waals surface area contributed by atoms with Crippen LogP contribution in [0.4, 0.5) is 0 Å². The molecule has 0 amide bonds. The number of benzene rings is 2. The van der Waals surface area contributed by atoms with Crippen molar-refractivity contribution in [1.82, 2.24) is 0 Å². The Hall–Kier alpha value is -2.34. The first kappa shape index (κ1) is 16.5. The summed E-state index contributed by atoms with van der Waals surface area (Å²) in [5, 5.41) is 18.4. The molecule has 1 saturated carbocycles. The molecule has 0 N–H and O–H groups in total. The molecule has 1 aliphatic carbocycles. The summed E-state index contributed by atoms with van der Waals surface area (Å²) in [5.41, 5.74) is -0.0664. The summed E-state index contributed by atoms with van der Waals surface area (Å²) >= 11 is 5.98. The predicted molar refractivity (Wildman–Crippen MR) is 90.0 cm³/mol. The molecule has 120 valence electrons. The molecule has 0 saturated heterocycles. The Labute approximate surface area is 145 Å². The maximum atomic E-state index is 13.0. The van der Waals surface area contributed by atoms with Crippen molar-refractivity contribution in [1.29, 1.82) is 10.5 Å². The van der Waals surface area contributed by atoms with Crippen LogP contribution in [0.25, 0.3) is 0 Å². The highest BCUT2D eigenvalue weighted by Gasteiger charge is 2.73. The van der Waals surface area contributed by atoms with Crippen LogP contribution in [0.1, 0.15) is 17.0 Å². The molecule has 0 aromatic heterocycles. The smallest absolute Gasteiger partial charge is 0.184 e. The number of halogens is 1. The van der Waals surface area contributed by atoms with E-state index in [1.54, 1.807) is 36.4 Å². The fourth-order valence-corrected chi connectivity index (χ4v) is 5.48. The van der Waals surface area contributed by atoms with Crippen LogP contribution in [0.5, 0.6) is 0 Å². The van der Waals surface area contributed by atoms with Gasteiger partial charge in [0.25, 0.3) is 0 Å². The molecule has 1 fully saturated rings. The van der Waals surface area contributed by atoms with Crippen molar-refractivity contribution in [3.63, 3.8) is 0 Å². The van der Waals surface area contributed by atoms with Gasteiger partial charge in [0.15, 0.2) is 15.3 Å². The van der Waals surface area contributed by atoms with Gasteiger partial charge in [0.05, 0.1) is 17.0 Å². The Morgan fingerprint density at radius 2 is 1.71 bits per heavy atom. The summed E-state index contributed by atoms with van der Waals surface area (Å²) in [6, 6.07) is 16.9. The van der Waals surface area contributed by atoms with Crippen molar-refractivity contribution in [3.8, 4) is 12.1 Å². The van der Waals surface area contributed by atoms with Crippen LogP contribution in [-0.2, 0) is 9.84 Å². The molecule has 0 radical (unpaired) electrons. The number of hydrogen-bond donors (Lipinski definition) is 0. The van der Waals surface area contributed by atoms with Gasteiger partial charge in [-0.1, -0.05) is 41.4 Å². The van der Waals surface area contributed by atoms with Crippen LogP contribution in [0.3, 0.4) is 0 Å².